The minimum absolute atomic E-state index is 0.146. The summed E-state index contributed by atoms with van der Waals surface area (Å²) in [7, 11) is 0. The van der Waals surface area contributed by atoms with Crippen LogP contribution in [0.2, 0.25) is 0 Å². The number of unbranched alkanes of at least 4 members (excludes halogenated alkanes) is 3. The van der Waals surface area contributed by atoms with Crippen molar-refractivity contribution < 1.29 is 14.3 Å². The quantitative estimate of drug-likeness (QED) is 0.549. The van der Waals surface area contributed by atoms with Crippen LogP contribution in [0.5, 0.6) is 0 Å². The van der Waals surface area contributed by atoms with Crippen LogP contribution in [0.3, 0.4) is 0 Å². The molecule has 1 aromatic carbocycles. The molecule has 0 bridgehead atoms. The number of carbonyl (C=O) groups excluding carboxylic acids is 2. The van der Waals surface area contributed by atoms with E-state index in [2.05, 4.69) is 17.6 Å². The first-order chi connectivity index (χ1) is 13.7. The molecule has 6 nitrogen and oxygen atoms in total. The van der Waals surface area contributed by atoms with Crippen LogP contribution in [0.4, 0.5) is 4.79 Å². The number of hydrogen-bond donors (Lipinski definition) is 2. The van der Waals surface area contributed by atoms with Crippen molar-refractivity contribution in [2.45, 2.75) is 44.9 Å². The van der Waals surface area contributed by atoms with Crippen LogP contribution in [-0.2, 0) is 9.53 Å². The molecule has 2 N–H and O–H groups in total. The molecule has 1 heterocycles. The molecular formula is C21H27N3O3S. The lowest BCUT2D eigenvalue weighted by Crippen LogP contribution is -2.38. The highest BCUT2D eigenvalue weighted by Crippen LogP contribution is 2.31. The highest BCUT2D eigenvalue weighted by molar-refractivity contribution is 7.17. The average Bonchev–Trinajstić information content (AvgIpc) is 3.12. The van der Waals surface area contributed by atoms with E-state index >= 15 is 0 Å². The Morgan fingerprint density at radius 2 is 2.04 bits per heavy atom. The van der Waals surface area contributed by atoms with E-state index in [1.807, 2.05) is 35.7 Å². The van der Waals surface area contributed by atoms with E-state index in [0.717, 1.165) is 41.3 Å². The highest BCUT2D eigenvalue weighted by Gasteiger charge is 2.24. The standard InChI is InChI=1S/C21H27N3O3S/c1-2-3-4-7-13-27-21(26)24-14-17(20(25)23-12-8-11-22)18-15-28-19-10-6-5-9-16(18)19/h5-6,9-10,15,17H,2-4,7-8,12-14H2,1H3,(H,23,25)(H,24,26). The predicted octanol–water partition coefficient (Wildman–Crippen LogP) is 4.32. The third-order valence-electron chi connectivity index (χ3n) is 4.42. The fourth-order valence-corrected chi connectivity index (χ4v) is 3.92. The number of ether oxygens (including phenoxy) is 1. The Morgan fingerprint density at radius 1 is 1.21 bits per heavy atom. The summed E-state index contributed by atoms with van der Waals surface area (Å²) in [5, 5.41) is 17.1. The van der Waals surface area contributed by atoms with Gasteiger partial charge in [-0.3, -0.25) is 4.79 Å². The van der Waals surface area contributed by atoms with Crippen LogP contribution in [-0.4, -0.2) is 31.7 Å². The van der Waals surface area contributed by atoms with Gasteiger partial charge < -0.3 is 15.4 Å². The molecule has 0 saturated carbocycles. The first kappa shape index (κ1) is 21.7. The fraction of sp³-hybridized carbons (Fsp3) is 0.476. The molecule has 1 unspecified atom stereocenters. The minimum atomic E-state index is -0.539. The van der Waals surface area contributed by atoms with Crippen molar-refractivity contribution in [1.29, 1.82) is 5.26 Å². The van der Waals surface area contributed by atoms with Gasteiger partial charge in [0.15, 0.2) is 0 Å². The van der Waals surface area contributed by atoms with E-state index < -0.39 is 12.0 Å². The van der Waals surface area contributed by atoms with Crippen LogP contribution in [0.1, 0.15) is 50.5 Å². The van der Waals surface area contributed by atoms with Crippen molar-refractivity contribution >= 4 is 33.4 Å². The summed E-state index contributed by atoms with van der Waals surface area (Å²) in [5.41, 5.74) is 0.873. The number of thiophene rings is 1. The lowest BCUT2D eigenvalue weighted by molar-refractivity contribution is -0.122. The van der Waals surface area contributed by atoms with Crippen molar-refractivity contribution in [3.05, 3.63) is 35.2 Å². The van der Waals surface area contributed by atoms with Gasteiger partial charge in [-0.05, 0) is 28.8 Å². The first-order valence-corrected chi connectivity index (χ1v) is 10.6. The molecule has 2 amide bonds. The molecule has 0 fully saturated rings. The number of nitrogens with one attached hydrogen (secondary N) is 2. The van der Waals surface area contributed by atoms with Gasteiger partial charge in [-0.15, -0.1) is 11.3 Å². The Hall–Kier alpha value is -2.59. The zero-order valence-electron chi connectivity index (χ0n) is 16.2. The Morgan fingerprint density at radius 3 is 2.82 bits per heavy atom. The maximum Gasteiger partial charge on any atom is 0.407 e. The average molecular weight is 402 g/mol. The molecule has 150 valence electrons. The second-order valence-electron chi connectivity index (χ2n) is 6.52. The molecular weight excluding hydrogens is 374 g/mol. The summed E-state index contributed by atoms with van der Waals surface area (Å²) in [6, 6.07) is 9.88. The van der Waals surface area contributed by atoms with E-state index in [-0.39, 0.29) is 25.4 Å². The maximum absolute atomic E-state index is 12.7. The Labute approximate surface area is 169 Å². The smallest absolute Gasteiger partial charge is 0.407 e. The zero-order valence-corrected chi connectivity index (χ0v) is 17.0. The number of rotatable bonds is 11. The molecule has 28 heavy (non-hydrogen) atoms. The van der Waals surface area contributed by atoms with Gasteiger partial charge in [0.1, 0.15) is 0 Å². The molecule has 0 aliphatic carbocycles. The monoisotopic (exact) mass is 401 g/mol. The molecule has 0 aliphatic heterocycles. The van der Waals surface area contributed by atoms with Crippen molar-refractivity contribution in [3.63, 3.8) is 0 Å². The SMILES string of the molecule is CCCCCCOC(=O)NCC(C(=O)NCCC#N)c1csc2ccccc12. The summed E-state index contributed by atoms with van der Waals surface area (Å²) in [4.78, 5) is 24.7. The van der Waals surface area contributed by atoms with E-state index in [0.29, 0.717) is 6.61 Å². The Bertz CT molecular complexity index is 813. The van der Waals surface area contributed by atoms with E-state index in [1.54, 1.807) is 11.3 Å². The largest absolute Gasteiger partial charge is 0.450 e. The van der Waals surface area contributed by atoms with Gasteiger partial charge in [-0.25, -0.2) is 4.79 Å². The normalized spacial score (nSPS) is 11.6. The Balaban J connectivity index is 2.00. The summed E-state index contributed by atoms with van der Waals surface area (Å²) in [6.45, 7) is 2.94. The Kier molecular flexibility index (Phi) is 9.29. The maximum atomic E-state index is 12.7. The second kappa shape index (κ2) is 12.0. The van der Waals surface area contributed by atoms with Gasteiger partial charge in [0.2, 0.25) is 5.91 Å². The van der Waals surface area contributed by atoms with Crippen LogP contribution in [0.15, 0.2) is 29.6 Å². The number of nitrogens with zero attached hydrogens (tertiary/aromatic N) is 1. The number of nitriles is 1. The topological polar surface area (TPSA) is 91.2 Å². The zero-order chi connectivity index (χ0) is 20.2. The first-order valence-electron chi connectivity index (χ1n) is 9.68. The lowest BCUT2D eigenvalue weighted by atomic mass is 9.97. The molecule has 1 aromatic heterocycles. The second-order valence-corrected chi connectivity index (χ2v) is 7.43. The summed E-state index contributed by atoms with van der Waals surface area (Å²) < 4.78 is 6.29. The van der Waals surface area contributed by atoms with E-state index in [4.69, 9.17) is 10.00 Å². The lowest BCUT2D eigenvalue weighted by Gasteiger charge is -2.17. The molecule has 7 heteroatoms. The number of hydrogen-bond acceptors (Lipinski definition) is 5. The van der Waals surface area contributed by atoms with Crippen molar-refractivity contribution in [3.8, 4) is 6.07 Å². The van der Waals surface area contributed by atoms with Crippen molar-refractivity contribution in [2.24, 2.45) is 0 Å². The number of fused-ring (bicyclic) bond motifs is 1. The molecule has 0 spiro atoms. The van der Waals surface area contributed by atoms with Gasteiger partial charge in [-0.1, -0.05) is 44.4 Å². The van der Waals surface area contributed by atoms with Crippen molar-refractivity contribution in [2.75, 3.05) is 19.7 Å². The molecule has 0 saturated heterocycles. The number of alkyl carbamates (subject to hydrolysis) is 1. The number of carbonyl (C=O) groups is 2. The third-order valence-corrected chi connectivity index (χ3v) is 5.40. The van der Waals surface area contributed by atoms with E-state index in [9.17, 15) is 9.59 Å². The number of amides is 2. The van der Waals surface area contributed by atoms with Gasteiger partial charge >= 0.3 is 6.09 Å². The van der Waals surface area contributed by atoms with E-state index in [1.165, 1.54) is 0 Å². The van der Waals surface area contributed by atoms with Crippen LogP contribution >= 0.6 is 11.3 Å². The fourth-order valence-electron chi connectivity index (χ4n) is 2.91. The molecule has 0 radical (unpaired) electrons. The molecule has 2 aromatic rings. The molecule has 2 rings (SSSR count). The molecule has 1 atom stereocenters. The van der Waals surface area contributed by atoms with Crippen LogP contribution < -0.4 is 10.6 Å². The summed E-state index contributed by atoms with van der Waals surface area (Å²) >= 11 is 1.57. The minimum Gasteiger partial charge on any atom is -0.450 e. The van der Waals surface area contributed by atoms with Gasteiger partial charge in [-0.2, -0.15) is 5.26 Å². The van der Waals surface area contributed by atoms with Crippen LogP contribution in [0.25, 0.3) is 10.1 Å². The van der Waals surface area contributed by atoms with Crippen molar-refractivity contribution in [1.82, 2.24) is 10.6 Å². The predicted molar refractivity (Wildman–Crippen MR) is 111 cm³/mol. The van der Waals surface area contributed by atoms with Gasteiger partial charge in [0, 0.05) is 17.8 Å². The third kappa shape index (κ3) is 6.54. The molecule has 0 aliphatic rings. The van der Waals surface area contributed by atoms with Crippen LogP contribution in [0, 0.1) is 11.3 Å². The summed E-state index contributed by atoms with van der Waals surface area (Å²) in [6.07, 6.45) is 3.87. The summed E-state index contributed by atoms with van der Waals surface area (Å²) in [5.74, 6) is -0.746. The van der Waals surface area contributed by atoms with Gasteiger partial charge in [0.05, 0.1) is 25.0 Å². The highest BCUT2D eigenvalue weighted by atomic mass is 32.1. The number of benzene rings is 1. The van der Waals surface area contributed by atoms with Gasteiger partial charge in [0.25, 0.3) is 0 Å².